The van der Waals surface area contributed by atoms with E-state index < -0.39 is 0 Å². The maximum atomic E-state index is 13.6. The van der Waals surface area contributed by atoms with Crippen LogP contribution in [-0.4, -0.2) is 36.4 Å². The van der Waals surface area contributed by atoms with Crippen molar-refractivity contribution < 1.29 is 14.7 Å². The largest absolute Gasteiger partial charge is 0.395 e. The van der Waals surface area contributed by atoms with Crippen LogP contribution in [0.5, 0.6) is 0 Å². The molecule has 0 saturated heterocycles. The lowest BCUT2D eigenvalue weighted by Crippen LogP contribution is -2.55. The molecule has 0 aromatic carbocycles. The minimum absolute atomic E-state index is 0.134. The van der Waals surface area contributed by atoms with Gasteiger partial charge < -0.3 is 15.7 Å². The van der Waals surface area contributed by atoms with Crippen molar-refractivity contribution in [3.8, 4) is 0 Å². The van der Waals surface area contributed by atoms with Crippen molar-refractivity contribution in [2.24, 2.45) is 45.4 Å². The van der Waals surface area contributed by atoms with Crippen LogP contribution in [0.1, 0.15) is 72.1 Å². The van der Waals surface area contributed by atoms with Crippen molar-refractivity contribution in [1.82, 2.24) is 0 Å². The molecule has 0 bridgehead atoms. The second-order valence-corrected chi connectivity index (χ2v) is 9.79. The first kappa shape index (κ1) is 20.8. The summed E-state index contributed by atoms with van der Waals surface area (Å²) in [5, 5.41) is 14.1. The van der Waals surface area contributed by atoms with E-state index in [1.165, 1.54) is 0 Å². The number of rotatable bonds is 6. The molecule has 0 aromatic heterocycles. The van der Waals surface area contributed by atoms with Crippen LogP contribution in [0.4, 0.5) is 0 Å². The molecule has 3 fully saturated rings. The molecule has 3 saturated carbocycles. The molecular weight excluding hydrogens is 340 g/mol. The number of nitrogens with zero attached hydrogens (tertiary/aromatic N) is 1. The van der Waals surface area contributed by atoms with Crippen LogP contribution in [-0.2, 0) is 9.63 Å². The minimum Gasteiger partial charge on any atom is -0.395 e. The molecule has 154 valence electrons. The average Bonchev–Trinajstić information content (AvgIpc) is 2.65. The molecular formula is C22H38N2O3. The summed E-state index contributed by atoms with van der Waals surface area (Å²) in [6.07, 6.45) is 9.54. The number of oxime groups is 1. The lowest BCUT2D eigenvalue weighted by atomic mass is 9.46. The maximum Gasteiger partial charge on any atom is 0.142 e. The monoisotopic (exact) mass is 378 g/mol. The van der Waals surface area contributed by atoms with Gasteiger partial charge in [-0.2, -0.15) is 0 Å². The zero-order chi connectivity index (χ0) is 19.7. The van der Waals surface area contributed by atoms with E-state index in [0.29, 0.717) is 30.8 Å². The van der Waals surface area contributed by atoms with Crippen LogP contribution >= 0.6 is 0 Å². The molecule has 5 nitrogen and oxygen atoms in total. The van der Waals surface area contributed by atoms with Crippen molar-refractivity contribution in [2.75, 3.05) is 13.2 Å². The molecule has 3 rings (SSSR count). The van der Waals surface area contributed by atoms with Gasteiger partial charge in [0.05, 0.1) is 6.10 Å². The van der Waals surface area contributed by atoms with E-state index in [9.17, 15) is 9.90 Å². The highest BCUT2D eigenvalue weighted by Gasteiger charge is 2.57. The lowest BCUT2D eigenvalue weighted by Gasteiger charge is -2.58. The Morgan fingerprint density at radius 2 is 2.07 bits per heavy atom. The zero-order valence-corrected chi connectivity index (χ0v) is 17.3. The number of hydrogen-bond donors (Lipinski definition) is 2. The fourth-order valence-corrected chi connectivity index (χ4v) is 6.33. The predicted octanol–water partition coefficient (Wildman–Crippen LogP) is 3.54. The lowest BCUT2D eigenvalue weighted by molar-refractivity contribution is -0.156. The second kappa shape index (κ2) is 8.20. The summed E-state index contributed by atoms with van der Waals surface area (Å²) in [7, 11) is 0. The Morgan fingerprint density at radius 3 is 2.81 bits per heavy atom. The molecule has 3 aliphatic carbocycles. The number of Topliss-reactive ketones (excluding diaryl/α,β-unsaturated/α-hetero) is 1. The third kappa shape index (κ3) is 3.82. The molecule has 0 amide bonds. The Labute approximate surface area is 164 Å². The summed E-state index contributed by atoms with van der Waals surface area (Å²) in [6.45, 7) is 7.64. The van der Waals surface area contributed by atoms with Crippen LogP contribution in [0.3, 0.4) is 0 Å². The van der Waals surface area contributed by atoms with E-state index in [1.54, 1.807) is 6.21 Å². The van der Waals surface area contributed by atoms with Gasteiger partial charge in [0, 0.05) is 24.1 Å². The first-order chi connectivity index (χ1) is 12.8. The van der Waals surface area contributed by atoms with Gasteiger partial charge in [0.1, 0.15) is 12.4 Å². The number of carbonyl (C=O) groups is 1. The van der Waals surface area contributed by atoms with Crippen LogP contribution in [0.2, 0.25) is 0 Å². The summed E-state index contributed by atoms with van der Waals surface area (Å²) in [4.78, 5) is 18.7. The highest BCUT2D eigenvalue weighted by molar-refractivity contribution is 5.88. The summed E-state index contributed by atoms with van der Waals surface area (Å²) < 4.78 is 0. The quantitative estimate of drug-likeness (QED) is 0.421. The average molecular weight is 379 g/mol. The van der Waals surface area contributed by atoms with E-state index >= 15 is 0 Å². The van der Waals surface area contributed by atoms with Gasteiger partial charge in [-0.3, -0.25) is 4.79 Å². The minimum atomic E-state index is -0.265. The fraction of sp³-hybridized carbons (Fsp3) is 0.909. The molecule has 7 atom stereocenters. The summed E-state index contributed by atoms with van der Waals surface area (Å²) in [5.41, 5.74) is 5.37. The maximum absolute atomic E-state index is 13.6. The van der Waals surface area contributed by atoms with Gasteiger partial charge >= 0.3 is 0 Å². The van der Waals surface area contributed by atoms with Crippen molar-refractivity contribution in [3.05, 3.63) is 0 Å². The topological polar surface area (TPSA) is 84.9 Å². The van der Waals surface area contributed by atoms with Crippen LogP contribution in [0, 0.1) is 34.5 Å². The zero-order valence-electron chi connectivity index (χ0n) is 17.3. The number of ketones is 1. The van der Waals surface area contributed by atoms with Crippen molar-refractivity contribution in [1.29, 1.82) is 0 Å². The third-order valence-corrected chi connectivity index (χ3v) is 8.44. The normalized spacial score (nSPS) is 43.2. The standard InChI is InChI=1S/C22H38N2O3/c1-15(8-12-24-27-13-11-23)21(2)10-7-19-18(20(21)26)5-4-16-14-17(25)6-9-22(16,19)3/h12,15-19,25H,4-11,13-14,23H2,1-3H3/b24-12+/t15-,16+,17-,18+,19-,21+,22-/m0/s1. The number of hydrogen-bond acceptors (Lipinski definition) is 5. The van der Waals surface area contributed by atoms with Gasteiger partial charge in [-0.05, 0) is 74.5 Å². The molecule has 0 spiro atoms. The van der Waals surface area contributed by atoms with E-state index in [0.717, 1.165) is 51.4 Å². The highest BCUT2D eigenvalue weighted by atomic mass is 16.6. The third-order valence-electron chi connectivity index (χ3n) is 8.44. The Bertz CT molecular complexity index is 566. The van der Waals surface area contributed by atoms with Crippen LogP contribution in [0.15, 0.2) is 5.16 Å². The molecule has 3 aliphatic rings. The van der Waals surface area contributed by atoms with Crippen LogP contribution < -0.4 is 5.73 Å². The number of nitrogens with two attached hydrogens (primary N) is 1. The Kier molecular flexibility index (Phi) is 6.31. The van der Waals surface area contributed by atoms with Gasteiger partial charge in [-0.15, -0.1) is 0 Å². The van der Waals surface area contributed by atoms with Gasteiger partial charge in [-0.25, -0.2) is 0 Å². The van der Waals surface area contributed by atoms with Crippen molar-refractivity contribution >= 4 is 12.0 Å². The second-order valence-electron chi connectivity index (χ2n) is 9.79. The Balaban J connectivity index is 1.68. The smallest absolute Gasteiger partial charge is 0.142 e. The molecule has 5 heteroatoms. The Hall–Kier alpha value is -0.940. The van der Waals surface area contributed by atoms with Crippen molar-refractivity contribution in [2.45, 2.75) is 78.2 Å². The van der Waals surface area contributed by atoms with Gasteiger partial charge in [0.2, 0.25) is 0 Å². The SMILES string of the molecule is C[C@@H](C/C=N/OCCN)[C@@]1(C)CC[C@H]2[C@@H](CC[C@@H]3C[C@@H](O)CC[C@@]32C)C1=O. The van der Waals surface area contributed by atoms with E-state index in [1.807, 2.05) is 0 Å². The fourth-order valence-electron chi connectivity index (χ4n) is 6.33. The molecule has 0 unspecified atom stereocenters. The van der Waals surface area contributed by atoms with Gasteiger partial charge in [0.15, 0.2) is 0 Å². The van der Waals surface area contributed by atoms with Gasteiger partial charge in [0.25, 0.3) is 0 Å². The van der Waals surface area contributed by atoms with Crippen molar-refractivity contribution in [3.63, 3.8) is 0 Å². The molecule has 3 N–H and O–H groups in total. The number of carbonyl (C=O) groups excluding carboxylic acids is 1. The molecule has 0 radical (unpaired) electrons. The molecule has 0 heterocycles. The van der Waals surface area contributed by atoms with Gasteiger partial charge in [-0.1, -0.05) is 25.9 Å². The number of fused-ring (bicyclic) bond motifs is 3. The van der Waals surface area contributed by atoms with Crippen LogP contribution in [0.25, 0.3) is 0 Å². The van der Waals surface area contributed by atoms with E-state index in [-0.39, 0.29) is 28.8 Å². The highest BCUT2D eigenvalue weighted by Crippen LogP contribution is 2.61. The first-order valence-electron chi connectivity index (χ1n) is 10.9. The van der Waals surface area contributed by atoms with E-state index in [4.69, 9.17) is 10.6 Å². The summed E-state index contributed by atoms with van der Waals surface area (Å²) in [5.74, 6) is 2.03. The Morgan fingerprint density at radius 1 is 1.30 bits per heavy atom. The van der Waals surface area contributed by atoms with E-state index in [2.05, 4.69) is 25.9 Å². The molecule has 27 heavy (non-hydrogen) atoms. The molecule has 0 aliphatic heterocycles. The number of aliphatic hydroxyl groups excluding tert-OH is 1. The summed E-state index contributed by atoms with van der Waals surface area (Å²) >= 11 is 0. The first-order valence-corrected chi connectivity index (χ1v) is 10.9. The predicted molar refractivity (Wildman–Crippen MR) is 107 cm³/mol. The number of aliphatic hydroxyl groups is 1. The molecule has 0 aromatic rings. The summed E-state index contributed by atoms with van der Waals surface area (Å²) in [6, 6.07) is 0.